The van der Waals surface area contributed by atoms with Gasteiger partial charge in [-0.3, -0.25) is 9.69 Å². The largest absolute Gasteiger partial charge is 0.465 e. The van der Waals surface area contributed by atoms with E-state index in [4.69, 9.17) is 0 Å². The van der Waals surface area contributed by atoms with Gasteiger partial charge in [-0.25, -0.2) is 18.0 Å². The summed E-state index contributed by atoms with van der Waals surface area (Å²) >= 11 is 0. The Bertz CT molecular complexity index is 1070. The number of alkyl halides is 1. The SMILES string of the molecule is CCCCC(F)CC[C@H](C(=O)N[C@@H](Cc1cc(F)cc(F)c1)[C@H](O)CNCc1cccc(CC)c1)N(C)C(=O)O. The topological polar surface area (TPSA) is 102 Å². The second-order valence-electron chi connectivity index (χ2n) is 10.2. The Morgan fingerprint density at radius 1 is 0.975 bits per heavy atom. The van der Waals surface area contributed by atoms with Gasteiger partial charge >= 0.3 is 6.09 Å². The lowest BCUT2D eigenvalue weighted by atomic mass is 9.98. The average Bonchev–Trinajstić information content (AvgIpc) is 2.90. The number of likely N-dealkylation sites (N-methyl/N-ethyl adjacent to an activating group) is 1. The average molecular weight is 566 g/mol. The summed E-state index contributed by atoms with van der Waals surface area (Å²) < 4.78 is 42.1. The van der Waals surface area contributed by atoms with Gasteiger partial charge in [-0.2, -0.15) is 0 Å². The molecule has 0 spiro atoms. The summed E-state index contributed by atoms with van der Waals surface area (Å²) in [6.45, 7) is 4.48. The van der Waals surface area contributed by atoms with E-state index in [9.17, 15) is 33.0 Å². The van der Waals surface area contributed by atoms with Crippen LogP contribution in [0.1, 0.15) is 62.6 Å². The van der Waals surface area contributed by atoms with Gasteiger partial charge in [-0.15, -0.1) is 0 Å². The Morgan fingerprint density at radius 3 is 2.27 bits per heavy atom. The molecule has 0 heterocycles. The van der Waals surface area contributed by atoms with E-state index in [2.05, 4.69) is 10.6 Å². The molecule has 0 aliphatic rings. The van der Waals surface area contributed by atoms with Gasteiger partial charge in [0.25, 0.3) is 0 Å². The van der Waals surface area contributed by atoms with Crippen LogP contribution in [0.15, 0.2) is 42.5 Å². The number of aliphatic hydroxyl groups is 1. The Kier molecular flexibility index (Phi) is 14.0. The van der Waals surface area contributed by atoms with E-state index in [-0.39, 0.29) is 31.4 Å². The molecule has 2 rings (SSSR count). The fraction of sp³-hybridized carbons (Fsp3) is 0.533. The number of halogens is 3. The molecular formula is C30H42F3N3O4. The van der Waals surface area contributed by atoms with Crippen LogP contribution in [0.25, 0.3) is 0 Å². The molecule has 0 aliphatic carbocycles. The molecule has 0 bridgehead atoms. The van der Waals surface area contributed by atoms with Gasteiger partial charge in [0.05, 0.1) is 12.1 Å². The van der Waals surface area contributed by atoms with E-state index in [1.807, 2.05) is 38.1 Å². The van der Waals surface area contributed by atoms with Gasteiger partial charge in [-0.1, -0.05) is 51.0 Å². The lowest BCUT2D eigenvalue weighted by Gasteiger charge is -2.30. The number of aryl methyl sites for hydroxylation is 1. The summed E-state index contributed by atoms with van der Waals surface area (Å²) in [7, 11) is 1.23. The summed E-state index contributed by atoms with van der Waals surface area (Å²) in [5, 5.41) is 26.4. The predicted octanol–water partition coefficient (Wildman–Crippen LogP) is 4.99. The van der Waals surface area contributed by atoms with Crippen molar-refractivity contribution < 1.29 is 33.0 Å². The number of unbranched alkanes of at least 4 members (excludes halogenated alkanes) is 1. The van der Waals surface area contributed by atoms with Crippen molar-refractivity contribution in [1.82, 2.24) is 15.5 Å². The molecule has 4 atom stereocenters. The summed E-state index contributed by atoms with van der Waals surface area (Å²) in [5.74, 6) is -2.31. The first-order chi connectivity index (χ1) is 19.0. The van der Waals surface area contributed by atoms with Crippen molar-refractivity contribution in [1.29, 1.82) is 0 Å². The van der Waals surface area contributed by atoms with Crippen molar-refractivity contribution in [3.8, 4) is 0 Å². The van der Waals surface area contributed by atoms with Gasteiger partial charge in [0, 0.05) is 26.2 Å². The predicted molar refractivity (Wildman–Crippen MR) is 149 cm³/mol. The summed E-state index contributed by atoms with van der Waals surface area (Å²) in [4.78, 5) is 25.8. The first-order valence-electron chi connectivity index (χ1n) is 13.9. The number of rotatable bonds is 17. The van der Waals surface area contributed by atoms with Crippen LogP contribution in [0.5, 0.6) is 0 Å². The van der Waals surface area contributed by atoms with Crippen molar-refractivity contribution in [2.24, 2.45) is 0 Å². The zero-order valence-electron chi connectivity index (χ0n) is 23.5. The van der Waals surface area contributed by atoms with Gasteiger partial charge in [0.15, 0.2) is 0 Å². The monoisotopic (exact) mass is 565 g/mol. The Morgan fingerprint density at radius 2 is 1.65 bits per heavy atom. The van der Waals surface area contributed by atoms with E-state index in [0.717, 1.165) is 47.1 Å². The van der Waals surface area contributed by atoms with E-state index < -0.39 is 48.0 Å². The lowest BCUT2D eigenvalue weighted by molar-refractivity contribution is -0.127. The van der Waals surface area contributed by atoms with Gasteiger partial charge in [0.1, 0.15) is 23.8 Å². The Balaban J connectivity index is 2.18. The molecule has 222 valence electrons. The molecule has 2 aromatic rings. The highest BCUT2D eigenvalue weighted by molar-refractivity contribution is 5.85. The molecule has 0 aliphatic heterocycles. The maximum atomic E-state index is 14.3. The molecular weight excluding hydrogens is 523 g/mol. The molecule has 4 N–H and O–H groups in total. The first-order valence-corrected chi connectivity index (χ1v) is 13.9. The fourth-order valence-corrected chi connectivity index (χ4v) is 4.55. The maximum absolute atomic E-state index is 14.3. The van der Waals surface area contributed by atoms with Crippen LogP contribution in [0.2, 0.25) is 0 Å². The minimum absolute atomic E-state index is 0.00356. The molecule has 2 amide bonds. The van der Waals surface area contributed by atoms with Crippen molar-refractivity contribution in [2.45, 2.75) is 89.7 Å². The number of aliphatic hydroxyl groups excluding tert-OH is 1. The van der Waals surface area contributed by atoms with Crippen LogP contribution < -0.4 is 10.6 Å². The molecule has 1 unspecified atom stereocenters. The highest BCUT2D eigenvalue weighted by Gasteiger charge is 2.31. The standard InChI is InChI=1S/C30H42F3N3O4/c1-4-6-10-23(31)11-12-27(36(3)30(39)40)29(38)35-26(16-22-14-24(32)17-25(33)15-22)28(37)19-34-18-21-9-7-8-20(5-2)13-21/h7-9,13-15,17,23,26-28,34,37H,4-6,10-12,16,18-19H2,1-3H3,(H,35,38)(H,39,40)/t23?,26-,27+,28+/m0/s1. The third-order valence-corrected chi connectivity index (χ3v) is 6.95. The minimum Gasteiger partial charge on any atom is -0.465 e. The van der Waals surface area contributed by atoms with Crippen LogP contribution in [0.4, 0.5) is 18.0 Å². The molecule has 10 heteroatoms. The summed E-state index contributed by atoms with van der Waals surface area (Å²) in [6.07, 6.45) is -1.19. The van der Waals surface area contributed by atoms with Crippen molar-refractivity contribution in [3.63, 3.8) is 0 Å². The molecule has 2 aromatic carbocycles. The Hall–Kier alpha value is -3.11. The second-order valence-corrected chi connectivity index (χ2v) is 10.2. The summed E-state index contributed by atoms with van der Waals surface area (Å²) in [6, 6.07) is 8.68. The van der Waals surface area contributed by atoms with Crippen LogP contribution in [-0.2, 0) is 24.2 Å². The number of carbonyl (C=O) groups excluding carboxylic acids is 1. The van der Waals surface area contributed by atoms with Crippen molar-refractivity contribution in [3.05, 3.63) is 70.8 Å². The number of benzene rings is 2. The van der Waals surface area contributed by atoms with E-state index in [0.29, 0.717) is 19.4 Å². The number of carbonyl (C=O) groups is 2. The normalized spacial score (nSPS) is 14.3. The number of carboxylic acid groups (broad SMARTS) is 1. The third kappa shape index (κ3) is 11.2. The van der Waals surface area contributed by atoms with Crippen LogP contribution in [0, 0.1) is 11.6 Å². The second kappa shape index (κ2) is 16.9. The van der Waals surface area contributed by atoms with Gasteiger partial charge < -0.3 is 20.8 Å². The number of nitrogens with one attached hydrogen (secondary N) is 2. The fourth-order valence-electron chi connectivity index (χ4n) is 4.55. The van der Waals surface area contributed by atoms with Crippen LogP contribution >= 0.6 is 0 Å². The maximum Gasteiger partial charge on any atom is 0.407 e. The molecule has 0 fully saturated rings. The van der Waals surface area contributed by atoms with Crippen molar-refractivity contribution in [2.75, 3.05) is 13.6 Å². The highest BCUT2D eigenvalue weighted by Crippen LogP contribution is 2.17. The first kappa shape index (κ1) is 33.1. The molecule has 0 saturated heterocycles. The van der Waals surface area contributed by atoms with Crippen LogP contribution in [0.3, 0.4) is 0 Å². The molecule has 7 nitrogen and oxygen atoms in total. The zero-order chi connectivity index (χ0) is 29.7. The molecule has 0 radical (unpaired) electrons. The quantitative estimate of drug-likeness (QED) is 0.217. The van der Waals surface area contributed by atoms with Gasteiger partial charge in [0.2, 0.25) is 5.91 Å². The summed E-state index contributed by atoms with van der Waals surface area (Å²) in [5.41, 5.74) is 2.38. The van der Waals surface area contributed by atoms with Crippen LogP contribution in [-0.4, -0.2) is 65.1 Å². The van der Waals surface area contributed by atoms with E-state index >= 15 is 0 Å². The molecule has 0 saturated carbocycles. The van der Waals surface area contributed by atoms with E-state index in [1.165, 1.54) is 7.05 Å². The number of amides is 2. The lowest BCUT2D eigenvalue weighted by Crippen LogP contribution is -2.55. The van der Waals surface area contributed by atoms with Gasteiger partial charge in [-0.05, 0) is 60.9 Å². The number of hydrogen-bond donors (Lipinski definition) is 4. The van der Waals surface area contributed by atoms with Crippen molar-refractivity contribution >= 4 is 12.0 Å². The highest BCUT2D eigenvalue weighted by atomic mass is 19.1. The number of nitrogens with zero attached hydrogens (tertiary/aromatic N) is 1. The molecule has 0 aromatic heterocycles. The van der Waals surface area contributed by atoms with E-state index in [1.54, 1.807) is 0 Å². The molecule has 40 heavy (non-hydrogen) atoms. The smallest absolute Gasteiger partial charge is 0.407 e. The third-order valence-electron chi connectivity index (χ3n) is 6.95. The zero-order valence-corrected chi connectivity index (χ0v) is 23.5. The Labute approximate surface area is 234 Å². The minimum atomic E-state index is -1.36. The number of hydrogen-bond acceptors (Lipinski definition) is 4.